The molecule has 0 aliphatic heterocycles. The number of carbonyl (C=O) groups excluding carboxylic acids is 1. The number of aromatic hydroxyl groups is 1. The monoisotopic (exact) mass is 257 g/mol. The lowest BCUT2D eigenvalue weighted by Crippen LogP contribution is -2.11. The summed E-state index contributed by atoms with van der Waals surface area (Å²) >= 11 is 0. The van der Waals surface area contributed by atoms with Crippen molar-refractivity contribution in [2.75, 3.05) is 11.9 Å². The number of rotatable bonds is 4. The summed E-state index contributed by atoms with van der Waals surface area (Å²) in [6.45, 7) is 2.50. The van der Waals surface area contributed by atoms with Crippen LogP contribution in [-0.2, 0) is 0 Å². The van der Waals surface area contributed by atoms with Gasteiger partial charge in [0.25, 0.3) is 5.91 Å². The average molecular weight is 257 g/mol. The van der Waals surface area contributed by atoms with Crippen molar-refractivity contribution < 1.29 is 14.6 Å². The average Bonchev–Trinajstić information content (AvgIpc) is 2.42. The molecule has 2 aromatic carbocycles. The summed E-state index contributed by atoms with van der Waals surface area (Å²) in [5.41, 5.74) is 1.19. The van der Waals surface area contributed by atoms with Gasteiger partial charge in [-0.3, -0.25) is 4.79 Å². The molecule has 2 aromatic rings. The highest BCUT2D eigenvalue weighted by Crippen LogP contribution is 2.16. The topological polar surface area (TPSA) is 58.6 Å². The van der Waals surface area contributed by atoms with E-state index in [1.54, 1.807) is 36.4 Å². The summed E-state index contributed by atoms with van der Waals surface area (Å²) in [5.74, 6) is 0.705. The molecule has 0 spiro atoms. The zero-order valence-electron chi connectivity index (χ0n) is 10.6. The lowest BCUT2D eigenvalue weighted by Gasteiger charge is -2.06. The molecule has 1 amide bonds. The third-order valence-corrected chi connectivity index (χ3v) is 2.55. The Morgan fingerprint density at radius 3 is 2.32 bits per heavy atom. The molecule has 0 heterocycles. The Morgan fingerprint density at radius 1 is 1.11 bits per heavy atom. The van der Waals surface area contributed by atoms with E-state index in [1.807, 2.05) is 6.92 Å². The van der Waals surface area contributed by atoms with E-state index in [1.165, 1.54) is 12.1 Å². The smallest absolute Gasteiger partial charge is 0.255 e. The molecule has 0 aliphatic carbocycles. The minimum atomic E-state index is -0.200. The summed E-state index contributed by atoms with van der Waals surface area (Å²) < 4.78 is 5.31. The molecular weight excluding hydrogens is 242 g/mol. The maximum atomic E-state index is 12.0. The minimum absolute atomic E-state index is 0.166. The number of amides is 1. The van der Waals surface area contributed by atoms with E-state index >= 15 is 0 Å². The highest BCUT2D eigenvalue weighted by atomic mass is 16.5. The number of benzene rings is 2. The van der Waals surface area contributed by atoms with Crippen LogP contribution in [0.15, 0.2) is 48.5 Å². The van der Waals surface area contributed by atoms with Gasteiger partial charge in [0, 0.05) is 11.3 Å². The second-order valence-electron chi connectivity index (χ2n) is 3.96. The molecule has 2 N–H and O–H groups in total. The fourth-order valence-electron chi connectivity index (χ4n) is 1.62. The zero-order chi connectivity index (χ0) is 13.7. The van der Waals surface area contributed by atoms with Gasteiger partial charge in [-0.25, -0.2) is 0 Å². The fraction of sp³-hybridized carbons (Fsp3) is 0.133. The van der Waals surface area contributed by atoms with Gasteiger partial charge in [0.2, 0.25) is 0 Å². The first-order chi connectivity index (χ1) is 9.19. The molecule has 19 heavy (non-hydrogen) atoms. The van der Waals surface area contributed by atoms with Crippen molar-refractivity contribution in [3.63, 3.8) is 0 Å². The van der Waals surface area contributed by atoms with Crippen LogP contribution in [-0.4, -0.2) is 17.6 Å². The molecule has 98 valence electrons. The number of phenolic OH excluding ortho intramolecular Hbond substituents is 1. The van der Waals surface area contributed by atoms with Gasteiger partial charge < -0.3 is 15.2 Å². The Bertz CT molecular complexity index is 547. The molecule has 4 heteroatoms. The predicted octanol–water partition coefficient (Wildman–Crippen LogP) is 3.04. The predicted molar refractivity (Wildman–Crippen MR) is 73.7 cm³/mol. The summed E-state index contributed by atoms with van der Waals surface area (Å²) in [7, 11) is 0. The van der Waals surface area contributed by atoms with E-state index in [9.17, 15) is 4.79 Å². The first-order valence-electron chi connectivity index (χ1n) is 6.02. The number of nitrogens with one attached hydrogen (secondary N) is 1. The molecule has 0 saturated carbocycles. The van der Waals surface area contributed by atoms with Gasteiger partial charge in [0.15, 0.2) is 0 Å². The van der Waals surface area contributed by atoms with Crippen molar-refractivity contribution >= 4 is 11.6 Å². The molecule has 4 nitrogen and oxygen atoms in total. The van der Waals surface area contributed by atoms with E-state index < -0.39 is 0 Å². The van der Waals surface area contributed by atoms with Gasteiger partial charge in [-0.05, 0) is 55.5 Å². The highest BCUT2D eigenvalue weighted by Gasteiger charge is 2.06. The quantitative estimate of drug-likeness (QED) is 0.828. The molecule has 0 saturated heterocycles. The highest BCUT2D eigenvalue weighted by molar-refractivity contribution is 6.04. The Hall–Kier alpha value is -2.49. The standard InChI is InChI=1S/C15H15NO3/c1-2-19-14-9-3-11(4-10-14)15(18)16-12-5-7-13(17)8-6-12/h3-10,17H,2H2,1H3,(H,16,18). The molecule has 0 radical (unpaired) electrons. The maximum Gasteiger partial charge on any atom is 0.255 e. The Labute approximate surface area is 111 Å². The second kappa shape index (κ2) is 5.91. The van der Waals surface area contributed by atoms with Crippen molar-refractivity contribution in [1.82, 2.24) is 0 Å². The van der Waals surface area contributed by atoms with Gasteiger partial charge in [-0.15, -0.1) is 0 Å². The van der Waals surface area contributed by atoms with Gasteiger partial charge in [0.05, 0.1) is 6.61 Å². The van der Waals surface area contributed by atoms with Crippen LogP contribution in [0.5, 0.6) is 11.5 Å². The van der Waals surface area contributed by atoms with Crippen molar-refractivity contribution in [2.45, 2.75) is 6.92 Å². The van der Waals surface area contributed by atoms with E-state index in [4.69, 9.17) is 9.84 Å². The third kappa shape index (κ3) is 3.48. The number of phenols is 1. The Morgan fingerprint density at radius 2 is 1.74 bits per heavy atom. The number of hydrogen-bond donors (Lipinski definition) is 2. The van der Waals surface area contributed by atoms with Crippen LogP contribution in [0.25, 0.3) is 0 Å². The van der Waals surface area contributed by atoms with Gasteiger partial charge >= 0.3 is 0 Å². The van der Waals surface area contributed by atoms with E-state index in [2.05, 4.69) is 5.32 Å². The molecular formula is C15H15NO3. The van der Waals surface area contributed by atoms with Crippen molar-refractivity contribution in [2.24, 2.45) is 0 Å². The number of hydrogen-bond acceptors (Lipinski definition) is 3. The normalized spacial score (nSPS) is 9.95. The van der Waals surface area contributed by atoms with E-state index in [0.717, 1.165) is 5.75 Å². The van der Waals surface area contributed by atoms with Crippen LogP contribution < -0.4 is 10.1 Å². The van der Waals surface area contributed by atoms with Gasteiger partial charge in [-0.1, -0.05) is 0 Å². The first kappa shape index (κ1) is 13.0. The number of ether oxygens (including phenoxy) is 1. The number of carbonyl (C=O) groups is 1. The van der Waals surface area contributed by atoms with E-state index in [0.29, 0.717) is 17.9 Å². The van der Waals surface area contributed by atoms with Crippen LogP contribution >= 0.6 is 0 Å². The third-order valence-electron chi connectivity index (χ3n) is 2.55. The Kier molecular flexibility index (Phi) is 4.03. The van der Waals surface area contributed by atoms with Crippen LogP contribution in [0.1, 0.15) is 17.3 Å². The SMILES string of the molecule is CCOc1ccc(C(=O)Nc2ccc(O)cc2)cc1. The minimum Gasteiger partial charge on any atom is -0.508 e. The van der Waals surface area contributed by atoms with Crippen molar-refractivity contribution in [3.8, 4) is 11.5 Å². The summed E-state index contributed by atoms with van der Waals surface area (Å²) in [5, 5.41) is 11.9. The summed E-state index contributed by atoms with van der Waals surface area (Å²) in [4.78, 5) is 12.0. The van der Waals surface area contributed by atoms with Gasteiger partial charge in [-0.2, -0.15) is 0 Å². The Balaban J connectivity index is 2.05. The molecule has 0 aliphatic rings. The zero-order valence-corrected chi connectivity index (χ0v) is 10.6. The first-order valence-corrected chi connectivity index (χ1v) is 6.02. The summed E-state index contributed by atoms with van der Waals surface area (Å²) in [6.07, 6.45) is 0. The molecule has 0 fully saturated rings. The molecule has 0 bridgehead atoms. The molecule has 0 aromatic heterocycles. The molecule has 0 atom stereocenters. The summed E-state index contributed by atoms with van der Waals surface area (Å²) in [6, 6.07) is 13.3. The van der Waals surface area contributed by atoms with E-state index in [-0.39, 0.29) is 11.7 Å². The number of anilines is 1. The molecule has 2 rings (SSSR count). The van der Waals surface area contributed by atoms with Gasteiger partial charge in [0.1, 0.15) is 11.5 Å². The van der Waals surface area contributed by atoms with Crippen LogP contribution in [0, 0.1) is 0 Å². The maximum absolute atomic E-state index is 12.0. The molecule has 0 unspecified atom stereocenters. The van der Waals surface area contributed by atoms with Crippen molar-refractivity contribution in [3.05, 3.63) is 54.1 Å². The lowest BCUT2D eigenvalue weighted by atomic mass is 10.2. The van der Waals surface area contributed by atoms with Crippen LogP contribution in [0.3, 0.4) is 0 Å². The van der Waals surface area contributed by atoms with Crippen LogP contribution in [0.4, 0.5) is 5.69 Å². The van der Waals surface area contributed by atoms with Crippen LogP contribution in [0.2, 0.25) is 0 Å². The largest absolute Gasteiger partial charge is 0.508 e. The fourth-order valence-corrected chi connectivity index (χ4v) is 1.62. The lowest BCUT2D eigenvalue weighted by molar-refractivity contribution is 0.102. The van der Waals surface area contributed by atoms with Crippen molar-refractivity contribution in [1.29, 1.82) is 0 Å². The second-order valence-corrected chi connectivity index (χ2v) is 3.96.